The van der Waals surface area contributed by atoms with E-state index in [0.29, 0.717) is 11.1 Å². The van der Waals surface area contributed by atoms with Crippen LogP contribution in [-0.2, 0) is 4.74 Å². The Kier molecular flexibility index (Phi) is 5.39. The highest BCUT2D eigenvalue weighted by Crippen LogP contribution is 2.17. The second-order valence-corrected chi connectivity index (χ2v) is 6.19. The Morgan fingerprint density at radius 3 is 2.08 bits per heavy atom. The van der Waals surface area contributed by atoms with Gasteiger partial charge in [-0.15, -0.1) is 0 Å². The van der Waals surface area contributed by atoms with Crippen LogP contribution in [0.5, 0.6) is 0 Å². The van der Waals surface area contributed by atoms with Crippen LogP contribution in [-0.4, -0.2) is 32.5 Å². The molecule has 0 spiro atoms. The van der Waals surface area contributed by atoms with Gasteiger partial charge in [-0.1, -0.05) is 6.07 Å². The molecule has 126 valence electrons. The van der Waals surface area contributed by atoms with E-state index < -0.39 is 5.97 Å². The number of carbonyl (C=O) groups is 2. The lowest BCUT2D eigenvalue weighted by atomic mass is 9.98. The summed E-state index contributed by atoms with van der Waals surface area (Å²) in [5.74, 6) is -0.677. The Bertz CT molecular complexity index is 761. The molecule has 0 heterocycles. The number of ether oxygens (including phenoxy) is 1. The zero-order valence-electron chi connectivity index (χ0n) is 14.8. The number of rotatable bonds is 5. The van der Waals surface area contributed by atoms with Crippen LogP contribution >= 0.6 is 0 Å². The topological polar surface area (TPSA) is 46.6 Å². The number of hydrogen-bond donors (Lipinski definition) is 0. The van der Waals surface area contributed by atoms with Crippen LogP contribution in [0.25, 0.3) is 0 Å². The molecule has 2 rings (SSSR count). The van der Waals surface area contributed by atoms with Gasteiger partial charge in [0.25, 0.3) is 0 Å². The third-order valence-corrected chi connectivity index (χ3v) is 4.09. The van der Waals surface area contributed by atoms with Gasteiger partial charge < -0.3 is 9.64 Å². The molecule has 0 bridgehead atoms. The lowest BCUT2D eigenvalue weighted by Gasteiger charge is -2.12. The molecule has 0 atom stereocenters. The summed E-state index contributed by atoms with van der Waals surface area (Å²) in [5, 5.41) is 0. The highest BCUT2D eigenvalue weighted by Gasteiger charge is 2.14. The van der Waals surface area contributed by atoms with Gasteiger partial charge in [-0.2, -0.15) is 0 Å². The average molecular weight is 325 g/mol. The van der Waals surface area contributed by atoms with Crippen LogP contribution in [0.1, 0.15) is 37.4 Å². The number of esters is 1. The van der Waals surface area contributed by atoms with Crippen LogP contribution < -0.4 is 4.90 Å². The van der Waals surface area contributed by atoms with E-state index in [4.69, 9.17) is 4.74 Å². The number of carbonyl (C=O) groups excluding carboxylic acids is 2. The maximum atomic E-state index is 12.3. The molecule has 0 radical (unpaired) electrons. The van der Waals surface area contributed by atoms with Crippen molar-refractivity contribution < 1.29 is 14.3 Å². The van der Waals surface area contributed by atoms with Gasteiger partial charge in [-0.05, 0) is 67.8 Å². The van der Waals surface area contributed by atoms with Crippen molar-refractivity contribution in [2.75, 3.05) is 25.6 Å². The van der Waals surface area contributed by atoms with E-state index in [0.717, 1.165) is 22.4 Å². The lowest BCUT2D eigenvalue weighted by Crippen LogP contribution is -2.16. The first kappa shape index (κ1) is 17.7. The predicted molar refractivity (Wildman–Crippen MR) is 96.0 cm³/mol. The molecule has 24 heavy (non-hydrogen) atoms. The van der Waals surface area contributed by atoms with Crippen LogP contribution in [0.4, 0.5) is 5.69 Å². The minimum Gasteiger partial charge on any atom is -0.454 e. The summed E-state index contributed by atoms with van der Waals surface area (Å²) in [7, 11) is 3.86. The van der Waals surface area contributed by atoms with Crippen molar-refractivity contribution in [3.63, 3.8) is 0 Å². The van der Waals surface area contributed by atoms with Crippen molar-refractivity contribution in [2.45, 2.75) is 20.8 Å². The van der Waals surface area contributed by atoms with Crippen LogP contribution in [0.3, 0.4) is 0 Å². The molecule has 0 fully saturated rings. The highest BCUT2D eigenvalue weighted by molar-refractivity contribution is 6.00. The summed E-state index contributed by atoms with van der Waals surface area (Å²) in [6.07, 6.45) is 0. The summed E-state index contributed by atoms with van der Waals surface area (Å²) in [5.41, 5.74) is 5.12. The van der Waals surface area contributed by atoms with Gasteiger partial charge in [0.15, 0.2) is 6.61 Å². The molecule has 2 aromatic rings. The van der Waals surface area contributed by atoms with Crippen molar-refractivity contribution >= 4 is 17.4 Å². The van der Waals surface area contributed by atoms with E-state index in [9.17, 15) is 9.59 Å². The molecule has 0 aromatic heterocycles. The first-order valence-corrected chi connectivity index (χ1v) is 7.85. The fourth-order valence-electron chi connectivity index (χ4n) is 2.45. The van der Waals surface area contributed by atoms with Crippen molar-refractivity contribution in [1.29, 1.82) is 0 Å². The minimum absolute atomic E-state index is 0.186. The number of Topliss-reactive ketones (excluding diaryl/α,β-unsaturated/α-hetero) is 1. The van der Waals surface area contributed by atoms with Gasteiger partial charge in [0.05, 0.1) is 5.56 Å². The molecule has 4 nitrogen and oxygen atoms in total. The van der Waals surface area contributed by atoms with Crippen molar-refractivity contribution in [3.05, 3.63) is 64.2 Å². The maximum absolute atomic E-state index is 12.3. The summed E-state index contributed by atoms with van der Waals surface area (Å²) < 4.78 is 5.17. The van der Waals surface area contributed by atoms with Gasteiger partial charge in [0.2, 0.25) is 5.78 Å². The molecule has 0 N–H and O–H groups in total. The zero-order valence-corrected chi connectivity index (χ0v) is 14.8. The van der Waals surface area contributed by atoms with Gasteiger partial charge in [0, 0.05) is 25.3 Å². The molecule has 0 saturated heterocycles. The fourth-order valence-corrected chi connectivity index (χ4v) is 2.45. The first-order valence-electron chi connectivity index (χ1n) is 7.85. The van der Waals surface area contributed by atoms with Crippen LogP contribution in [0, 0.1) is 20.8 Å². The Labute approximate surface area is 143 Å². The molecule has 0 aliphatic carbocycles. The first-order chi connectivity index (χ1) is 11.3. The second kappa shape index (κ2) is 7.30. The predicted octanol–water partition coefficient (Wildman–Crippen LogP) is 3.72. The van der Waals surface area contributed by atoms with Gasteiger partial charge in [-0.3, -0.25) is 4.79 Å². The van der Waals surface area contributed by atoms with Gasteiger partial charge in [-0.25, -0.2) is 4.79 Å². The molecular weight excluding hydrogens is 302 g/mol. The Balaban J connectivity index is 2.03. The molecule has 0 saturated carbocycles. The van der Waals surface area contributed by atoms with E-state index >= 15 is 0 Å². The summed E-state index contributed by atoms with van der Waals surface area (Å²) >= 11 is 0. The van der Waals surface area contributed by atoms with E-state index in [1.54, 1.807) is 12.1 Å². The zero-order chi connectivity index (χ0) is 17.9. The number of ketones is 1. The molecule has 0 unspecified atom stereocenters. The summed E-state index contributed by atoms with van der Waals surface area (Å²) in [6.45, 7) is 5.61. The van der Waals surface area contributed by atoms with Crippen molar-refractivity contribution in [1.82, 2.24) is 0 Å². The number of benzene rings is 2. The van der Waals surface area contributed by atoms with Crippen molar-refractivity contribution in [3.8, 4) is 0 Å². The van der Waals surface area contributed by atoms with E-state index in [2.05, 4.69) is 0 Å². The standard InChI is InChI=1S/C20H23NO3/c1-13-10-15(3)18(11-14(13)2)19(22)12-24-20(23)16-6-8-17(9-7-16)21(4)5/h6-11H,12H2,1-5H3. The Morgan fingerprint density at radius 1 is 0.917 bits per heavy atom. The summed E-state index contributed by atoms with van der Waals surface area (Å²) in [4.78, 5) is 26.3. The SMILES string of the molecule is Cc1cc(C)c(C(=O)COC(=O)c2ccc(N(C)C)cc2)cc1C. The van der Waals surface area contributed by atoms with E-state index in [1.165, 1.54) is 0 Å². The maximum Gasteiger partial charge on any atom is 0.338 e. The smallest absolute Gasteiger partial charge is 0.338 e. The second-order valence-electron chi connectivity index (χ2n) is 6.19. The normalized spacial score (nSPS) is 10.4. The summed E-state index contributed by atoms with van der Waals surface area (Å²) in [6, 6.07) is 10.9. The molecule has 0 amide bonds. The van der Waals surface area contributed by atoms with Crippen molar-refractivity contribution in [2.24, 2.45) is 0 Å². The fraction of sp³-hybridized carbons (Fsp3) is 0.300. The number of nitrogens with zero attached hydrogens (tertiary/aromatic N) is 1. The molecular formula is C20H23NO3. The highest BCUT2D eigenvalue weighted by atomic mass is 16.5. The van der Waals surface area contributed by atoms with Gasteiger partial charge in [0.1, 0.15) is 0 Å². The monoisotopic (exact) mass is 325 g/mol. The largest absolute Gasteiger partial charge is 0.454 e. The molecule has 0 aliphatic rings. The quantitative estimate of drug-likeness (QED) is 0.621. The number of aryl methyl sites for hydroxylation is 3. The van der Waals surface area contributed by atoms with E-state index in [1.807, 2.05) is 64.0 Å². The Morgan fingerprint density at radius 2 is 1.50 bits per heavy atom. The number of hydrogen-bond acceptors (Lipinski definition) is 4. The molecule has 2 aromatic carbocycles. The van der Waals surface area contributed by atoms with Gasteiger partial charge >= 0.3 is 5.97 Å². The van der Waals surface area contributed by atoms with Crippen LogP contribution in [0.2, 0.25) is 0 Å². The third kappa shape index (κ3) is 4.02. The third-order valence-electron chi connectivity index (χ3n) is 4.09. The lowest BCUT2D eigenvalue weighted by molar-refractivity contribution is 0.0474. The molecule has 0 aliphatic heterocycles. The Hall–Kier alpha value is -2.62. The average Bonchev–Trinajstić information content (AvgIpc) is 2.55. The number of anilines is 1. The minimum atomic E-state index is -0.491. The molecule has 4 heteroatoms. The van der Waals surface area contributed by atoms with Crippen LogP contribution in [0.15, 0.2) is 36.4 Å². The van der Waals surface area contributed by atoms with E-state index in [-0.39, 0.29) is 12.4 Å².